The van der Waals surface area contributed by atoms with E-state index in [-0.39, 0.29) is 11.9 Å². The van der Waals surface area contributed by atoms with Gasteiger partial charge < -0.3 is 15.5 Å². The van der Waals surface area contributed by atoms with Gasteiger partial charge in [-0.2, -0.15) is 0 Å². The summed E-state index contributed by atoms with van der Waals surface area (Å²) in [6, 6.07) is 5.39. The molecule has 2 N–H and O–H groups in total. The molecule has 1 aromatic rings. The van der Waals surface area contributed by atoms with E-state index >= 15 is 0 Å². The Bertz CT molecular complexity index is 548. The lowest BCUT2D eigenvalue weighted by molar-refractivity contribution is -0.119. The van der Waals surface area contributed by atoms with E-state index in [2.05, 4.69) is 10.6 Å². The zero-order valence-corrected chi connectivity index (χ0v) is 12.4. The Morgan fingerprint density at radius 3 is 2.55 bits per heavy atom. The van der Waals surface area contributed by atoms with Crippen LogP contribution in [0.5, 0.6) is 0 Å². The first-order chi connectivity index (χ1) is 9.40. The van der Waals surface area contributed by atoms with Crippen LogP contribution in [0.25, 0.3) is 0 Å². The van der Waals surface area contributed by atoms with Crippen molar-refractivity contribution in [1.29, 1.82) is 0 Å². The summed E-state index contributed by atoms with van der Waals surface area (Å²) in [5.41, 5.74) is 1.89. The van der Waals surface area contributed by atoms with Crippen LogP contribution in [0.15, 0.2) is 18.2 Å². The van der Waals surface area contributed by atoms with Crippen molar-refractivity contribution in [2.75, 3.05) is 23.7 Å². The van der Waals surface area contributed by atoms with Gasteiger partial charge in [-0.3, -0.25) is 4.79 Å². The van der Waals surface area contributed by atoms with E-state index in [1.807, 2.05) is 45.9 Å². The van der Waals surface area contributed by atoms with Crippen LogP contribution in [0.4, 0.5) is 16.2 Å². The summed E-state index contributed by atoms with van der Waals surface area (Å²) in [5, 5.41) is 5.73. The first-order valence-corrected chi connectivity index (χ1v) is 6.92. The average Bonchev–Trinajstić information content (AvgIpc) is 2.62. The van der Waals surface area contributed by atoms with Gasteiger partial charge in [0.15, 0.2) is 0 Å². The molecule has 0 unspecified atom stereocenters. The van der Waals surface area contributed by atoms with Gasteiger partial charge in [0, 0.05) is 24.5 Å². The van der Waals surface area contributed by atoms with E-state index in [1.54, 1.807) is 4.90 Å². The number of urea groups is 1. The fourth-order valence-electron chi connectivity index (χ4n) is 2.36. The highest BCUT2D eigenvalue weighted by Gasteiger charge is 2.38. The minimum absolute atomic E-state index is 0.0141. The highest BCUT2D eigenvalue weighted by atomic mass is 16.2. The summed E-state index contributed by atoms with van der Waals surface area (Å²) >= 11 is 0. The van der Waals surface area contributed by atoms with Gasteiger partial charge in [-0.15, -0.1) is 0 Å². The maximum Gasteiger partial charge on any atom is 0.321 e. The van der Waals surface area contributed by atoms with E-state index in [9.17, 15) is 9.59 Å². The molecule has 0 fully saturated rings. The molecule has 1 heterocycles. The zero-order chi connectivity index (χ0) is 14.9. The molecule has 0 saturated heterocycles. The number of hydrogen-bond acceptors (Lipinski definition) is 2. The summed E-state index contributed by atoms with van der Waals surface area (Å²) in [5.74, 6) is -0.0141. The largest absolute Gasteiger partial charge is 0.325 e. The monoisotopic (exact) mass is 275 g/mol. The van der Waals surface area contributed by atoms with Gasteiger partial charge in [-0.25, -0.2) is 4.79 Å². The van der Waals surface area contributed by atoms with Crippen molar-refractivity contribution >= 4 is 23.3 Å². The Kier molecular flexibility index (Phi) is 3.70. The number of amides is 3. The molecule has 0 spiro atoms. The minimum atomic E-state index is -0.564. The van der Waals surface area contributed by atoms with Crippen molar-refractivity contribution in [3.8, 4) is 0 Å². The first-order valence-electron chi connectivity index (χ1n) is 6.92. The summed E-state index contributed by atoms with van der Waals surface area (Å²) in [4.78, 5) is 25.6. The van der Waals surface area contributed by atoms with Gasteiger partial charge in [-0.05, 0) is 51.5 Å². The molecule has 20 heavy (non-hydrogen) atoms. The Hall–Kier alpha value is -2.04. The molecular formula is C15H21N3O2. The lowest BCUT2D eigenvalue weighted by atomic mass is 9.86. The van der Waals surface area contributed by atoms with Crippen molar-refractivity contribution < 1.29 is 9.59 Å². The van der Waals surface area contributed by atoms with Crippen molar-refractivity contribution in [2.24, 2.45) is 0 Å². The van der Waals surface area contributed by atoms with Crippen molar-refractivity contribution in [3.05, 3.63) is 23.8 Å². The third-order valence-corrected chi connectivity index (χ3v) is 3.81. The van der Waals surface area contributed by atoms with Crippen LogP contribution in [0.1, 0.15) is 33.3 Å². The molecule has 1 aliphatic rings. The van der Waals surface area contributed by atoms with E-state index in [1.165, 1.54) is 0 Å². The smallest absolute Gasteiger partial charge is 0.321 e. The average molecular weight is 275 g/mol. The van der Waals surface area contributed by atoms with Gasteiger partial charge in [0.05, 0.1) is 5.41 Å². The van der Waals surface area contributed by atoms with Crippen molar-refractivity contribution in [2.45, 2.75) is 33.1 Å². The normalized spacial score (nSPS) is 15.5. The zero-order valence-electron chi connectivity index (χ0n) is 12.4. The van der Waals surface area contributed by atoms with E-state index in [0.717, 1.165) is 11.3 Å². The number of fused-ring (bicyclic) bond motifs is 1. The van der Waals surface area contributed by atoms with E-state index in [4.69, 9.17) is 0 Å². The topological polar surface area (TPSA) is 61.4 Å². The molecular weight excluding hydrogens is 254 g/mol. The van der Waals surface area contributed by atoms with Gasteiger partial charge in [-0.1, -0.05) is 0 Å². The summed E-state index contributed by atoms with van der Waals surface area (Å²) < 4.78 is 0. The molecule has 0 aliphatic carbocycles. The lowest BCUT2D eigenvalue weighted by Crippen LogP contribution is -2.34. The minimum Gasteiger partial charge on any atom is -0.325 e. The summed E-state index contributed by atoms with van der Waals surface area (Å²) in [6.45, 7) is 8.97. The number of anilines is 2. The number of hydrogen-bond donors (Lipinski definition) is 2. The molecule has 1 aliphatic heterocycles. The van der Waals surface area contributed by atoms with Crippen LogP contribution < -0.4 is 10.6 Å². The Morgan fingerprint density at radius 2 is 1.95 bits per heavy atom. The third kappa shape index (κ3) is 2.35. The molecule has 5 nitrogen and oxygen atoms in total. The van der Waals surface area contributed by atoms with Crippen LogP contribution in [-0.2, 0) is 10.2 Å². The van der Waals surface area contributed by atoms with Crippen molar-refractivity contribution in [3.63, 3.8) is 0 Å². The molecule has 2 rings (SSSR count). The fourth-order valence-corrected chi connectivity index (χ4v) is 2.36. The van der Waals surface area contributed by atoms with E-state index < -0.39 is 5.41 Å². The molecule has 1 aromatic carbocycles. The maximum atomic E-state index is 12.0. The Morgan fingerprint density at radius 1 is 1.30 bits per heavy atom. The van der Waals surface area contributed by atoms with Crippen molar-refractivity contribution in [1.82, 2.24) is 4.90 Å². The first kappa shape index (κ1) is 14.4. The van der Waals surface area contributed by atoms with E-state index in [0.29, 0.717) is 18.8 Å². The van der Waals surface area contributed by atoms with Gasteiger partial charge in [0.2, 0.25) is 5.91 Å². The Balaban J connectivity index is 2.23. The standard InChI is InChI=1S/C15H21N3O2/c1-5-18(6-2)14(20)16-10-7-8-12-11(9-10)15(3,4)13(19)17-12/h7-9H,5-6H2,1-4H3,(H,16,20)(H,17,19). The highest BCUT2D eigenvalue weighted by molar-refractivity contribution is 6.06. The molecule has 0 radical (unpaired) electrons. The van der Waals surface area contributed by atoms with Crippen LogP contribution in [0.2, 0.25) is 0 Å². The number of carbonyl (C=O) groups is 2. The summed E-state index contributed by atoms with van der Waals surface area (Å²) in [6.07, 6.45) is 0. The molecule has 0 bridgehead atoms. The molecule has 5 heteroatoms. The highest BCUT2D eigenvalue weighted by Crippen LogP contribution is 2.38. The predicted octanol–water partition coefficient (Wildman–Crippen LogP) is 2.79. The number of rotatable bonds is 3. The predicted molar refractivity (Wildman–Crippen MR) is 80.0 cm³/mol. The van der Waals surface area contributed by atoms with Crippen LogP contribution in [0, 0.1) is 0 Å². The Labute approximate surface area is 119 Å². The van der Waals surface area contributed by atoms with Gasteiger partial charge in [0.25, 0.3) is 0 Å². The lowest BCUT2D eigenvalue weighted by Gasteiger charge is -2.20. The maximum absolute atomic E-state index is 12.0. The summed E-state index contributed by atoms with van der Waals surface area (Å²) in [7, 11) is 0. The second-order valence-corrected chi connectivity index (χ2v) is 5.44. The number of carbonyl (C=O) groups excluding carboxylic acids is 2. The number of nitrogens with zero attached hydrogens (tertiary/aromatic N) is 1. The molecule has 0 atom stereocenters. The second kappa shape index (κ2) is 5.15. The van der Waals surface area contributed by atoms with Gasteiger partial charge >= 0.3 is 6.03 Å². The SMILES string of the molecule is CCN(CC)C(=O)Nc1ccc2c(c1)C(C)(C)C(=O)N2. The second-order valence-electron chi connectivity index (χ2n) is 5.44. The van der Waals surface area contributed by atoms with Crippen LogP contribution in [0.3, 0.4) is 0 Å². The van der Waals surface area contributed by atoms with Crippen LogP contribution in [-0.4, -0.2) is 29.9 Å². The molecule has 0 aromatic heterocycles. The molecule has 108 valence electrons. The number of nitrogens with one attached hydrogen (secondary N) is 2. The third-order valence-electron chi connectivity index (χ3n) is 3.81. The fraction of sp³-hybridized carbons (Fsp3) is 0.467. The number of benzene rings is 1. The van der Waals surface area contributed by atoms with Gasteiger partial charge in [0.1, 0.15) is 0 Å². The quantitative estimate of drug-likeness (QED) is 0.891. The van der Waals surface area contributed by atoms with Crippen LogP contribution >= 0.6 is 0 Å². The molecule has 0 saturated carbocycles. The molecule has 3 amide bonds.